The van der Waals surface area contributed by atoms with E-state index >= 15 is 0 Å². The molecule has 1 aliphatic rings. The van der Waals surface area contributed by atoms with Crippen LogP contribution in [0.3, 0.4) is 0 Å². The summed E-state index contributed by atoms with van der Waals surface area (Å²) in [6.45, 7) is 3.60. The van der Waals surface area contributed by atoms with E-state index in [1.807, 2.05) is 39.5 Å². The molecule has 0 unspecified atom stereocenters. The molecule has 3 rings (SSSR count). The lowest BCUT2D eigenvalue weighted by molar-refractivity contribution is -0.133. The van der Waals surface area contributed by atoms with Crippen molar-refractivity contribution >= 4 is 11.6 Å². The topological polar surface area (TPSA) is 67.2 Å². The average Bonchev–Trinajstić information content (AvgIpc) is 3.00. The molecule has 7 heteroatoms. The predicted octanol–water partition coefficient (Wildman–Crippen LogP) is 1.28. The maximum atomic E-state index is 12.1. The van der Waals surface area contributed by atoms with Crippen molar-refractivity contribution in [2.75, 3.05) is 32.1 Å². The van der Waals surface area contributed by atoms with E-state index < -0.39 is 0 Å². The number of anilines is 1. The van der Waals surface area contributed by atoms with Gasteiger partial charge in [-0.15, -0.1) is 0 Å². The highest BCUT2D eigenvalue weighted by molar-refractivity contribution is 5.78. The molecule has 7 nitrogen and oxygen atoms in total. The summed E-state index contributed by atoms with van der Waals surface area (Å²) in [6.07, 6.45) is 6.97. The van der Waals surface area contributed by atoms with E-state index in [0.29, 0.717) is 0 Å². The largest absolute Gasteiger partial charge is 0.367 e. The van der Waals surface area contributed by atoms with Gasteiger partial charge in [-0.25, -0.2) is 14.6 Å². The van der Waals surface area contributed by atoms with Gasteiger partial charge in [-0.05, 0) is 25.8 Å². The summed E-state index contributed by atoms with van der Waals surface area (Å²) in [5.41, 5.74) is 1.91. The molecule has 0 aliphatic carbocycles. The minimum absolute atomic E-state index is 0.112. The van der Waals surface area contributed by atoms with E-state index in [-0.39, 0.29) is 11.8 Å². The van der Waals surface area contributed by atoms with Crippen molar-refractivity contribution in [1.82, 2.24) is 24.6 Å². The van der Waals surface area contributed by atoms with Gasteiger partial charge in [0.25, 0.3) is 0 Å². The lowest BCUT2D eigenvalue weighted by atomic mass is 9.95. The van der Waals surface area contributed by atoms with Gasteiger partial charge in [0.2, 0.25) is 5.91 Å². The number of carbonyl (C=O) groups excluding carboxylic acids is 1. The first-order chi connectivity index (χ1) is 11.1. The summed E-state index contributed by atoms with van der Waals surface area (Å²) < 4.78 is 1.78. The molecule has 0 atom stereocenters. The van der Waals surface area contributed by atoms with Crippen LogP contribution in [0.1, 0.15) is 18.5 Å². The van der Waals surface area contributed by atoms with Gasteiger partial charge in [0.15, 0.2) is 5.82 Å². The van der Waals surface area contributed by atoms with Crippen LogP contribution < -0.4 is 4.90 Å². The molecule has 2 aromatic heterocycles. The summed E-state index contributed by atoms with van der Waals surface area (Å²) in [6, 6.07) is 1.95. The maximum absolute atomic E-state index is 12.1. The molecule has 1 fully saturated rings. The number of hydrogen-bond donors (Lipinski definition) is 0. The van der Waals surface area contributed by atoms with Crippen LogP contribution in [-0.4, -0.2) is 57.7 Å². The van der Waals surface area contributed by atoms with Crippen molar-refractivity contribution in [3.63, 3.8) is 0 Å². The van der Waals surface area contributed by atoms with Crippen LogP contribution in [0, 0.1) is 12.8 Å². The fourth-order valence-corrected chi connectivity index (χ4v) is 2.98. The Morgan fingerprint density at radius 2 is 2.04 bits per heavy atom. The van der Waals surface area contributed by atoms with E-state index in [0.717, 1.165) is 43.1 Å². The van der Waals surface area contributed by atoms with Gasteiger partial charge in [0.1, 0.15) is 12.0 Å². The van der Waals surface area contributed by atoms with E-state index in [2.05, 4.69) is 20.0 Å². The second kappa shape index (κ2) is 6.36. The molecule has 0 radical (unpaired) electrons. The first-order valence-corrected chi connectivity index (χ1v) is 7.85. The summed E-state index contributed by atoms with van der Waals surface area (Å²) in [4.78, 5) is 24.6. The molecule has 0 bridgehead atoms. The quantitative estimate of drug-likeness (QED) is 0.853. The highest BCUT2D eigenvalue weighted by Crippen LogP contribution is 2.27. The standard InChI is InChI=1S/C16H22N6O/c1-12-4-9-22(19-12)15-14(10-17-11-18-15)21-7-5-13(6-8-21)16(23)20(2)3/h4,9-11,13H,5-8H2,1-3H3. The van der Waals surface area contributed by atoms with Crippen LogP contribution in [0.25, 0.3) is 5.82 Å². The number of rotatable bonds is 3. The number of aryl methyl sites for hydroxylation is 1. The Hall–Kier alpha value is -2.44. The van der Waals surface area contributed by atoms with Gasteiger partial charge in [-0.2, -0.15) is 5.10 Å². The van der Waals surface area contributed by atoms with Crippen molar-refractivity contribution in [2.45, 2.75) is 19.8 Å². The Balaban J connectivity index is 1.78. The third-order valence-corrected chi connectivity index (χ3v) is 4.24. The Labute approximate surface area is 135 Å². The molecule has 122 valence electrons. The van der Waals surface area contributed by atoms with Gasteiger partial charge in [-0.3, -0.25) is 4.79 Å². The number of nitrogens with zero attached hydrogens (tertiary/aromatic N) is 6. The Kier molecular flexibility index (Phi) is 4.27. The van der Waals surface area contributed by atoms with Gasteiger partial charge < -0.3 is 9.80 Å². The van der Waals surface area contributed by atoms with Crippen LogP contribution in [-0.2, 0) is 4.79 Å². The SMILES string of the molecule is Cc1ccn(-c2ncncc2N2CCC(C(=O)N(C)C)CC2)n1. The third kappa shape index (κ3) is 3.18. The number of amides is 1. The van der Waals surface area contributed by atoms with Crippen molar-refractivity contribution in [2.24, 2.45) is 5.92 Å². The number of piperidine rings is 1. The van der Waals surface area contributed by atoms with Crippen LogP contribution in [0.4, 0.5) is 5.69 Å². The minimum Gasteiger partial charge on any atom is -0.367 e. The highest BCUT2D eigenvalue weighted by Gasteiger charge is 2.27. The van der Waals surface area contributed by atoms with Gasteiger partial charge in [0, 0.05) is 39.3 Å². The predicted molar refractivity (Wildman–Crippen MR) is 87.5 cm³/mol. The van der Waals surface area contributed by atoms with Gasteiger partial charge in [-0.1, -0.05) is 0 Å². The van der Waals surface area contributed by atoms with E-state index in [1.165, 1.54) is 6.33 Å². The smallest absolute Gasteiger partial charge is 0.225 e. The molecule has 0 saturated carbocycles. The molecule has 0 N–H and O–H groups in total. The van der Waals surface area contributed by atoms with Crippen molar-refractivity contribution in [3.05, 3.63) is 30.5 Å². The number of aromatic nitrogens is 4. The summed E-state index contributed by atoms with van der Waals surface area (Å²) in [5.74, 6) is 1.11. The lowest BCUT2D eigenvalue weighted by Gasteiger charge is -2.34. The highest BCUT2D eigenvalue weighted by atomic mass is 16.2. The Morgan fingerprint density at radius 1 is 1.30 bits per heavy atom. The molecular formula is C16H22N6O. The van der Waals surface area contributed by atoms with E-state index in [1.54, 1.807) is 9.58 Å². The fraction of sp³-hybridized carbons (Fsp3) is 0.500. The molecule has 3 heterocycles. The maximum Gasteiger partial charge on any atom is 0.225 e. The zero-order valence-corrected chi connectivity index (χ0v) is 13.8. The monoisotopic (exact) mass is 314 g/mol. The van der Waals surface area contributed by atoms with Crippen molar-refractivity contribution in [3.8, 4) is 5.82 Å². The number of carbonyl (C=O) groups is 1. The summed E-state index contributed by atoms with van der Waals surface area (Å²) in [5, 5.41) is 4.44. The first-order valence-electron chi connectivity index (χ1n) is 7.85. The zero-order valence-electron chi connectivity index (χ0n) is 13.8. The Morgan fingerprint density at radius 3 is 2.65 bits per heavy atom. The lowest BCUT2D eigenvalue weighted by Crippen LogP contribution is -2.40. The third-order valence-electron chi connectivity index (χ3n) is 4.24. The van der Waals surface area contributed by atoms with Crippen LogP contribution >= 0.6 is 0 Å². The Bertz CT molecular complexity index is 687. The molecule has 2 aromatic rings. The molecule has 23 heavy (non-hydrogen) atoms. The summed E-state index contributed by atoms with van der Waals surface area (Å²) >= 11 is 0. The fourth-order valence-electron chi connectivity index (χ4n) is 2.98. The van der Waals surface area contributed by atoms with Crippen molar-refractivity contribution < 1.29 is 4.79 Å². The number of hydrogen-bond acceptors (Lipinski definition) is 5. The molecular weight excluding hydrogens is 292 g/mol. The second-order valence-electron chi connectivity index (χ2n) is 6.13. The van der Waals surface area contributed by atoms with Crippen molar-refractivity contribution in [1.29, 1.82) is 0 Å². The summed E-state index contributed by atoms with van der Waals surface area (Å²) in [7, 11) is 3.63. The van der Waals surface area contributed by atoms with Crippen LogP contribution in [0.2, 0.25) is 0 Å². The molecule has 0 spiro atoms. The minimum atomic E-state index is 0.112. The van der Waals surface area contributed by atoms with Gasteiger partial charge >= 0.3 is 0 Å². The molecule has 1 aliphatic heterocycles. The van der Waals surface area contributed by atoms with Crippen LogP contribution in [0.15, 0.2) is 24.8 Å². The zero-order chi connectivity index (χ0) is 16.4. The van der Waals surface area contributed by atoms with Gasteiger partial charge in [0.05, 0.1) is 11.9 Å². The molecule has 1 amide bonds. The van der Waals surface area contributed by atoms with E-state index in [4.69, 9.17) is 0 Å². The van der Waals surface area contributed by atoms with Crippen LogP contribution in [0.5, 0.6) is 0 Å². The molecule has 1 saturated heterocycles. The van der Waals surface area contributed by atoms with E-state index in [9.17, 15) is 4.79 Å². The normalized spacial score (nSPS) is 15.7. The second-order valence-corrected chi connectivity index (χ2v) is 6.13. The average molecular weight is 314 g/mol. The molecule has 0 aromatic carbocycles. The first kappa shape index (κ1) is 15.5.